The van der Waals surface area contributed by atoms with Crippen molar-refractivity contribution in [2.45, 2.75) is 30.1 Å². The highest BCUT2D eigenvalue weighted by Crippen LogP contribution is 2.56. The average Bonchev–Trinajstić information content (AvgIpc) is 2.98. The number of nitrogens with zero attached hydrogens (tertiary/aromatic N) is 2. The molecule has 4 aromatic rings. The molecule has 0 atom stereocenters. The molecular formula is C31H14F12N2O4. The van der Waals surface area contributed by atoms with Crippen molar-refractivity contribution in [2.75, 3.05) is 0 Å². The Hall–Kier alpha value is -5.60. The van der Waals surface area contributed by atoms with Gasteiger partial charge >= 0.3 is 24.7 Å². The predicted molar refractivity (Wildman–Crippen MR) is 144 cm³/mol. The van der Waals surface area contributed by atoms with Crippen molar-refractivity contribution in [3.63, 3.8) is 0 Å². The topological polar surface area (TPSA) is 77.3 Å². The second kappa shape index (κ2) is 13.1. The molecule has 6 nitrogen and oxygen atoms in total. The molecule has 0 aliphatic heterocycles. The number of halogens is 12. The van der Waals surface area contributed by atoms with Crippen molar-refractivity contribution in [3.8, 4) is 23.0 Å². The zero-order valence-electron chi connectivity index (χ0n) is 23.6. The summed E-state index contributed by atoms with van der Waals surface area (Å²) >= 11 is 0. The van der Waals surface area contributed by atoms with Crippen LogP contribution in [0.25, 0.3) is 0 Å². The van der Waals surface area contributed by atoms with Crippen molar-refractivity contribution in [2.24, 2.45) is 9.98 Å². The average molecular weight is 706 g/mol. The summed E-state index contributed by atoms with van der Waals surface area (Å²) in [5, 5.41) is 0. The van der Waals surface area contributed by atoms with E-state index < -0.39 is 86.7 Å². The molecule has 0 saturated heterocycles. The molecule has 4 rings (SSSR count). The number of carbonyl (C=O) groups excluding carboxylic acids is 2. The summed E-state index contributed by atoms with van der Waals surface area (Å²) in [6.45, 7) is 0. The number of ether oxygens (including phenoxy) is 2. The molecule has 0 bridgehead atoms. The lowest BCUT2D eigenvalue weighted by Crippen LogP contribution is -2.54. The van der Waals surface area contributed by atoms with Crippen molar-refractivity contribution in [1.29, 1.82) is 0 Å². The van der Waals surface area contributed by atoms with Crippen molar-refractivity contribution >= 4 is 23.5 Å². The molecule has 0 N–H and O–H groups in total. The Labute approximate surface area is 265 Å². The van der Waals surface area contributed by atoms with Crippen molar-refractivity contribution < 1.29 is 71.7 Å². The van der Waals surface area contributed by atoms with Crippen molar-refractivity contribution in [3.05, 3.63) is 107 Å². The molecule has 0 unspecified atom stereocenters. The SMILES string of the molecule is O=C=Nc1ccc(Oc2ccc(C(c3ccc(Oc4ccc(N=C=O)c(C(F)(F)F)c4)cc3)(C(F)(F)F)C(F)(F)F)cc2)cc1C(F)(F)F. The third-order valence-electron chi connectivity index (χ3n) is 6.78. The van der Waals surface area contributed by atoms with E-state index in [1.807, 2.05) is 0 Å². The first-order chi connectivity index (χ1) is 22.7. The minimum Gasteiger partial charge on any atom is -0.457 e. The van der Waals surface area contributed by atoms with Gasteiger partial charge in [0.05, 0.1) is 22.5 Å². The highest BCUT2D eigenvalue weighted by Gasteiger charge is 2.72. The molecule has 0 aliphatic rings. The fourth-order valence-electron chi connectivity index (χ4n) is 4.70. The van der Waals surface area contributed by atoms with Crippen LogP contribution in [-0.2, 0) is 27.4 Å². The molecular weight excluding hydrogens is 692 g/mol. The quantitative estimate of drug-likeness (QED) is 0.104. The van der Waals surface area contributed by atoms with Gasteiger partial charge in [-0.25, -0.2) is 9.59 Å². The van der Waals surface area contributed by atoms with Crippen LogP contribution in [0.1, 0.15) is 22.3 Å². The number of hydrogen-bond acceptors (Lipinski definition) is 6. The van der Waals surface area contributed by atoms with Gasteiger partial charge in [-0.1, -0.05) is 24.3 Å². The van der Waals surface area contributed by atoms with E-state index in [-0.39, 0.29) is 0 Å². The van der Waals surface area contributed by atoms with Gasteiger partial charge in [0.25, 0.3) is 0 Å². The molecule has 18 heteroatoms. The van der Waals surface area contributed by atoms with Crippen LogP contribution >= 0.6 is 0 Å². The van der Waals surface area contributed by atoms with Gasteiger partial charge in [0.1, 0.15) is 23.0 Å². The second-order valence-corrected chi connectivity index (χ2v) is 9.76. The molecule has 49 heavy (non-hydrogen) atoms. The van der Waals surface area contributed by atoms with E-state index in [9.17, 15) is 62.3 Å². The summed E-state index contributed by atoms with van der Waals surface area (Å²) in [4.78, 5) is 26.7. The molecule has 0 aromatic heterocycles. The van der Waals surface area contributed by atoms with E-state index in [4.69, 9.17) is 9.47 Å². The number of aliphatic imine (C=N–C) groups is 2. The monoisotopic (exact) mass is 706 g/mol. The largest absolute Gasteiger partial charge is 0.457 e. The Balaban J connectivity index is 1.71. The van der Waals surface area contributed by atoms with Crippen LogP contribution in [0.4, 0.5) is 64.1 Å². The highest BCUT2D eigenvalue weighted by molar-refractivity contribution is 5.58. The van der Waals surface area contributed by atoms with Crippen LogP contribution in [0.2, 0.25) is 0 Å². The molecule has 0 aliphatic carbocycles. The van der Waals surface area contributed by atoms with Gasteiger partial charge in [-0.3, -0.25) is 0 Å². The number of isocyanates is 2. The van der Waals surface area contributed by atoms with E-state index in [1.165, 1.54) is 0 Å². The van der Waals surface area contributed by atoms with Crippen LogP contribution in [0.3, 0.4) is 0 Å². The lowest BCUT2D eigenvalue weighted by Gasteiger charge is -2.38. The number of alkyl halides is 12. The van der Waals surface area contributed by atoms with Gasteiger partial charge in [-0.15, -0.1) is 0 Å². The summed E-state index contributed by atoms with van der Waals surface area (Å²) in [5.41, 5.74) is -12.0. The molecule has 0 amide bonds. The summed E-state index contributed by atoms with van der Waals surface area (Å²) < 4.78 is 178. The van der Waals surface area contributed by atoms with Gasteiger partial charge in [0, 0.05) is 0 Å². The predicted octanol–water partition coefficient (Wildman–Crippen LogP) is 10.7. The minimum absolute atomic E-state index is 0.401. The van der Waals surface area contributed by atoms with E-state index >= 15 is 0 Å². The second-order valence-electron chi connectivity index (χ2n) is 9.76. The molecule has 0 heterocycles. The third-order valence-corrected chi connectivity index (χ3v) is 6.78. The third kappa shape index (κ3) is 7.45. The fourth-order valence-corrected chi connectivity index (χ4v) is 4.70. The Kier molecular flexibility index (Phi) is 9.71. The van der Waals surface area contributed by atoms with Crippen molar-refractivity contribution in [1.82, 2.24) is 0 Å². The highest BCUT2D eigenvalue weighted by atomic mass is 19.4. The molecule has 0 radical (unpaired) electrons. The van der Waals surface area contributed by atoms with Gasteiger partial charge < -0.3 is 9.47 Å². The van der Waals surface area contributed by atoms with Crippen LogP contribution < -0.4 is 9.47 Å². The first-order valence-electron chi connectivity index (χ1n) is 13.0. The molecule has 256 valence electrons. The van der Waals surface area contributed by atoms with Gasteiger partial charge in [0.15, 0.2) is 0 Å². The van der Waals surface area contributed by atoms with Crippen LogP contribution in [-0.4, -0.2) is 24.5 Å². The standard InChI is InChI=1S/C31H14F12N2O4/c32-28(33,34)23-13-21(9-11-25(23)44-15-46)48-19-5-1-17(2-6-19)27(30(38,39)40,31(41,42)43)18-3-7-20(8-4-18)49-22-10-12-26(45-16-47)24(14-22)29(35,36)37/h1-14H. The summed E-state index contributed by atoms with van der Waals surface area (Å²) in [7, 11) is 0. The maximum atomic E-state index is 14.6. The Morgan fingerprint density at radius 1 is 0.449 bits per heavy atom. The zero-order chi connectivity index (χ0) is 36.4. The Morgan fingerprint density at radius 2 is 0.755 bits per heavy atom. The van der Waals surface area contributed by atoms with E-state index in [0.29, 0.717) is 60.7 Å². The van der Waals surface area contributed by atoms with Gasteiger partial charge in [-0.2, -0.15) is 62.7 Å². The number of rotatable bonds is 8. The Morgan fingerprint density at radius 3 is 1.02 bits per heavy atom. The zero-order valence-corrected chi connectivity index (χ0v) is 23.6. The van der Waals surface area contributed by atoms with Gasteiger partial charge in [0.2, 0.25) is 17.6 Å². The first-order valence-corrected chi connectivity index (χ1v) is 13.0. The fraction of sp³-hybridized carbons (Fsp3) is 0.161. The number of benzene rings is 4. The number of hydrogen-bond donors (Lipinski definition) is 0. The lowest BCUT2D eigenvalue weighted by atomic mass is 9.73. The Bertz CT molecular complexity index is 1780. The summed E-state index contributed by atoms with van der Waals surface area (Å²) in [5.74, 6) is -2.03. The molecule has 0 fully saturated rings. The van der Waals surface area contributed by atoms with E-state index in [1.54, 1.807) is 0 Å². The summed E-state index contributed by atoms with van der Waals surface area (Å²) in [6.07, 6.45) is -20.3. The minimum atomic E-state index is -6.05. The normalized spacial score (nSPS) is 12.5. The molecule has 4 aromatic carbocycles. The van der Waals surface area contributed by atoms with E-state index in [2.05, 4.69) is 9.98 Å². The van der Waals surface area contributed by atoms with Gasteiger partial charge in [-0.05, 0) is 71.8 Å². The van der Waals surface area contributed by atoms with Crippen LogP contribution in [0.5, 0.6) is 23.0 Å². The van der Waals surface area contributed by atoms with E-state index in [0.717, 1.165) is 36.4 Å². The summed E-state index contributed by atoms with van der Waals surface area (Å²) in [6, 6.07) is 8.31. The first kappa shape index (κ1) is 36.2. The van der Waals surface area contributed by atoms with Crippen LogP contribution in [0.15, 0.2) is 94.9 Å². The molecule has 0 spiro atoms. The molecule has 0 saturated carbocycles. The van der Waals surface area contributed by atoms with Crippen LogP contribution in [0, 0.1) is 0 Å². The smallest absolute Gasteiger partial charge is 0.418 e. The lowest BCUT2D eigenvalue weighted by molar-refractivity contribution is -0.288. The maximum absolute atomic E-state index is 14.6. The maximum Gasteiger partial charge on any atom is 0.418 e.